The lowest BCUT2D eigenvalue weighted by molar-refractivity contribution is 0.450. The van der Waals surface area contributed by atoms with E-state index in [1.54, 1.807) is 0 Å². The molecule has 0 bridgehead atoms. The standard InChI is InChI=1S/C13H19N/c1-13(2,3)14-11-7-10-12-8-5-4-6-9-12/h4-10,14H,11H2,1-3H3. The second kappa shape index (κ2) is 4.97. The molecule has 0 aliphatic carbocycles. The van der Waals surface area contributed by atoms with Gasteiger partial charge < -0.3 is 5.32 Å². The van der Waals surface area contributed by atoms with E-state index in [9.17, 15) is 0 Å². The third-order valence-corrected chi connectivity index (χ3v) is 1.86. The van der Waals surface area contributed by atoms with Crippen LogP contribution in [0, 0.1) is 0 Å². The molecule has 0 spiro atoms. The zero-order valence-corrected chi connectivity index (χ0v) is 9.25. The fraction of sp³-hybridized carbons (Fsp3) is 0.385. The predicted octanol–water partition coefficient (Wildman–Crippen LogP) is 3.09. The van der Waals surface area contributed by atoms with E-state index >= 15 is 0 Å². The summed E-state index contributed by atoms with van der Waals surface area (Å²) in [6.45, 7) is 7.43. The first-order valence-electron chi connectivity index (χ1n) is 5.04. The summed E-state index contributed by atoms with van der Waals surface area (Å²) in [5.74, 6) is 0. The van der Waals surface area contributed by atoms with Crippen LogP contribution in [0.4, 0.5) is 0 Å². The van der Waals surface area contributed by atoms with Crippen molar-refractivity contribution in [3.63, 3.8) is 0 Å². The summed E-state index contributed by atoms with van der Waals surface area (Å²) in [4.78, 5) is 0. The maximum atomic E-state index is 3.41. The first-order chi connectivity index (χ1) is 6.58. The van der Waals surface area contributed by atoms with Crippen LogP contribution in [-0.2, 0) is 0 Å². The molecule has 0 heterocycles. The summed E-state index contributed by atoms with van der Waals surface area (Å²) >= 11 is 0. The molecule has 1 aromatic rings. The van der Waals surface area contributed by atoms with Crippen LogP contribution in [0.3, 0.4) is 0 Å². The Morgan fingerprint density at radius 3 is 2.36 bits per heavy atom. The molecule has 1 rings (SSSR count). The molecular weight excluding hydrogens is 170 g/mol. The Morgan fingerprint density at radius 1 is 1.14 bits per heavy atom. The van der Waals surface area contributed by atoms with Gasteiger partial charge in [-0.3, -0.25) is 0 Å². The Kier molecular flexibility index (Phi) is 3.90. The maximum absolute atomic E-state index is 3.41. The number of nitrogens with one attached hydrogen (secondary N) is 1. The number of benzene rings is 1. The Hall–Kier alpha value is -1.08. The lowest BCUT2D eigenvalue weighted by Gasteiger charge is -2.18. The smallest absolute Gasteiger partial charge is 0.0143 e. The van der Waals surface area contributed by atoms with Gasteiger partial charge in [0, 0.05) is 12.1 Å². The average molecular weight is 189 g/mol. The average Bonchev–Trinajstić information content (AvgIpc) is 2.13. The monoisotopic (exact) mass is 189 g/mol. The minimum Gasteiger partial charge on any atom is -0.309 e. The van der Waals surface area contributed by atoms with E-state index in [0.29, 0.717) is 0 Å². The first kappa shape index (κ1) is 11.0. The molecule has 0 radical (unpaired) electrons. The van der Waals surface area contributed by atoms with Crippen molar-refractivity contribution < 1.29 is 0 Å². The van der Waals surface area contributed by atoms with Crippen LogP contribution in [0.25, 0.3) is 6.08 Å². The van der Waals surface area contributed by atoms with E-state index in [0.717, 1.165) is 6.54 Å². The van der Waals surface area contributed by atoms with Gasteiger partial charge in [0.1, 0.15) is 0 Å². The van der Waals surface area contributed by atoms with Crippen molar-refractivity contribution in [1.29, 1.82) is 0 Å². The molecule has 0 unspecified atom stereocenters. The van der Waals surface area contributed by atoms with E-state index in [-0.39, 0.29) is 5.54 Å². The Bertz CT molecular complexity index is 280. The van der Waals surface area contributed by atoms with Crippen molar-refractivity contribution >= 4 is 6.08 Å². The van der Waals surface area contributed by atoms with Crippen LogP contribution in [0.5, 0.6) is 0 Å². The molecule has 0 fully saturated rings. The van der Waals surface area contributed by atoms with Gasteiger partial charge in [-0.25, -0.2) is 0 Å². The fourth-order valence-corrected chi connectivity index (χ4v) is 1.12. The summed E-state index contributed by atoms with van der Waals surface area (Å²) in [7, 11) is 0. The summed E-state index contributed by atoms with van der Waals surface area (Å²) in [5, 5.41) is 3.41. The fourth-order valence-electron chi connectivity index (χ4n) is 1.12. The molecule has 14 heavy (non-hydrogen) atoms. The molecule has 1 N–H and O–H groups in total. The van der Waals surface area contributed by atoms with Crippen molar-refractivity contribution in [2.45, 2.75) is 26.3 Å². The van der Waals surface area contributed by atoms with Crippen LogP contribution in [0.1, 0.15) is 26.3 Å². The molecule has 0 saturated carbocycles. The van der Waals surface area contributed by atoms with Crippen LogP contribution in [-0.4, -0.2) is 12.1 Å². The maximum Gasteiger partial charge on any atom is 0.0143 e. The van der Waals surface area contributed by atoms with E-state index in [1.165, 1.54) is 5.56 Å². The van der Waals surface area contributed by atoms with Gasteiger partial charge in [-0.1, -0.05) is 42.5 Å². The topological polar surface area (TPSA) is 12.0 Å². The van der Waals surface area contributed by atoms with Crippen molar-refractivity contribution in [1.82, 2.24) is 5.32 Å². The lowest BCUT2D eigenvalue weighted by atomic mass is 10.1. The highest BCUT2D eigenvalue weighted by molar-refractivity contribution is 5.48. The van der Waals surface area contributed by atoms with Crippen LogP contribution in [0.2, 0.25) is 0 Å². The Morgan fingerprint density at radius 2 is 1.79 bits per heavy atom. The van der Waals surface area contributed by atoms with Gasteiger partial charge in [-0.15, -0.1) is 0 Å². The molecule has 1 aromatic carbocycles. The lowest BCUT2D eigenvalue weighted by Crippen LogP contribution is -2.35. The molecule has 0 aromatic heterocycles. The molecule has 0 amide bonds. The van der Waals surface area contributed by atoms with Crippen LogP contribution < -0.4 is 5.32 Å². The number of hydrogen-bond acceptors (Lipinski definition) is 1. The highest BCUT2D eigenvalue weighted by Gasteiger charge is 2.05. The minimum atomic E-state index is 0.195. The van der Waals surface area contributed by atoms with Crippen LogP contribution in [0.15, 0.2) is 36.4 Å². The van der Waals surface area contributed by atoms with E-state index in [4.69, 9.17) is 0 Å². The minimum absolute atomic E-state index is 0.195. The van der Waals surface area contributed by atoms with Crippen molar-refractivity contribution in [2.24, 2.45) is 0 Å². The van der Waals surface area contributed by atoms with Gasteiger partial charge in [0.05, 0.1) is 0 Å². The molecule has 0 aliphatic heterocycles. The normalized spacial score (nSPS) is 12.2. The SMILES string of the molecule is CC(C)(C)NCC=Cc1ccccc1. The summed E-state index contributed by atoms with van der Waals surface area (Å²) in [6.07, 6.45) is 4.29. The third kappa shape index (κ3) is 4.83. The zero-order valence-electron chi connectivity index (χ0n) is 9.25. The third-order valence-electron chi connectivity index (χ3n) is 1.86. The molecule has 76 valence electrons. The summed E-state index contributed by atoms with van der Waals surface area (Å²) < 4.78 is 0. The molecule has 0 saturated heterocycles. The van der Waals surface area contributed by atoms with Crippen molar-refractivity contribution in [3.05, 3.63) is 42.0 Å². The Labute approximate surface area is 86.8 Å². The summed E-state index contributed by atoms with van der Waals surface area (Å²) in [5.41, 5.74) is 1.45. The summed E-state index contributed by atoms with van der Waals surface area (Å²) in [6, 6.07) is 10.3. The van der Waals surface area contributed by atoms with E-state index < -0.39 is 0 Å². The zero-order chi connectivity index (χ0) is 10.4. The second-order valence-electron chi connectivity index (χ2n) is 4.44. The van der Waals surface area contributed by atoms with Gasteiger partial charge in [0.2, 0.25) is 0 Å². The van der Waals surface area contributed by atoms with Crippen molar-refractivity contribution in [2.75, 3.05) is 6.54 Å². The largest absolute Gasteiger partial charge is 0.309 e. The molecule has 1 nitrogen and oxygen atoms in total. The van der Waals surface area contributed by atoms with E-state index in [1.807, 2.05) is 6.07 Å². The number of hydrogen-bond donors (Lipinski definition) is 1. The van der Waals surface area contributed by atoms with E-state index in [2.05, 4.69) is 62.5 Å². The Balaban J connectivity index is 2.35. The van der Waals surface area contributed by atoms with Gasteiger partial charge in [0.25, 0.3) is 0 Å². The molecular formula is C13H19N. The van der Waals surface area contributed by atoms with Gasteiger partial charge in [-0.05, 0) is 26.3 Å². The highest BCUT2D eigenvalue weighted by Crippen LogP contribution is 2.01. The van der Waals surface area contributed by atoms with Gasteiger partial charge >= 0.3 is 0 Å². The quantitative estimate of drug-likeness (QED) is 0.770. The van der Waals surface area contributed by atoms with Crippen LogP contribution >= 0.6 is 0 Å². The van der Waals surface area contributed by atoms with Gasteiger partial charge in [0.15, 0.2) is 0 Å². The number of rotatable bonds is 3. The molecule has 0 atom stereocenters. The second-order valence-corrected chi connectivity index (χ2v) is 4.44. The predicted molar refractivity (Wildman–Crippen MR) is 63.2 cm³/mol. The van der Waals surface area contributed by atoms with Crippen molar-refractivity contribution in [3.8, 4) is 0 Å². The first-order valence-corrected chi connectivity index (χ1v) is 5.04. The molecule has 1 heteroatoms. The molecule has 0 aliphatic rings. The van der Waals surface area contributed by atoms with Gasteiger partial charge in [-0.2, -0.15) is 0 Å². The highest BCUT2D eigenvalue weighted by atomic mass is 14.9.